The fraction of sp³-hybridized carbons (Fsp3) is 1.00. The molecule has 54 valence electrons. The molecule has 0 rings (SSSR count). The standard InChI is InChI=1S/C3H5Cl2NO3/c1-2(7)3(4,5)6(8)9/h2,7H,1H3. The van der Waals surface area contributed by atoms with E-state index in [2.05, 4.69) is 0 Å². The molecular weight excluding hydrogens is 169 g/mol. The van der Waals surface area contributed by atoms with Crippen LogP contribution in [-0.4, -0.2) is 20.6 Å². The Bertz CT molecular complexity index is 124. The van der Waals surface area contributed by atoms with E-state index >= 15 is 0 Å². The number of nitrogens with zero attached hydrogens (tertiary/aromatic N) is 1. The van der Waals surface area contributed by atoms with Crippen LogP contribution in [0, 0.1) is 10.1 Å². The third kappa shape index (κ3) is 1.97. The highest BCUT2D eigenvalue weighted by Crippen LogP contribution is 2.25. The summed E-state index contributed by atoms with van der Waals surface area (Å²) in [6.45, 7) is 1.14. The SMILES string of the molecule is CC(O)C(Cl)(Cl)[N+](=O)[O-]. The van der Waals surface area contributed by atoms with Gasteiger partial charge in [-0.15, -0.1) is 0 Å². The molecule has 0 heterocycles. The molecule has 0 aliphatic carbocycles. The summed E-state index contributed by atoms with van der Waals surface area (Å²) in [4.78, 5) is 8.89. The normalized spacial score (nSPS) is 15.1. The molecule has 0 saturated heterocycles. The van der Waals surface area contributed by atoms with E-state index in [9.17, 15) is 10.1 Å². The molecule has 1 N–H and O–H groups in total. The maximum Gasteiger partial charge on any atom is 0.395 e. The quantitative estimate of drug-likeness (QED) is 0.291. The Morgan fingerprint density at radius 3 is 2.11 bits per heavy atom. The van der Waals surface area contributed by atoms with Crippen LogP contribution in [0.15, 0.2) is 0 Å². The van der Waals surface area contributed by atoms with Crippen molar-refractivity contribution in [1.82, 2.24) is 0 Å². The molecule has 9 heavy (non-hydrogen) atoms. The van der Waals surface area contributed by atoms with Crippen LogP contribution in [0.2, 0.25) is 0 Å². The van der Waals surface area contributed by atoms with Gasteiger partial charge in [0.25, 0.3) is 0 Å². The molecular formula is C3H5Cl2NO3. The summed E-state index contributed by atoms with van der Waals surface area (Å²) in [6.07, 6.45) is -1.38. The summed E-state index contributed by atoms with van der Waals surface area (Å²) < 4.78 is -2.28. The van der Waals surface area contributed by atoms with Gasteiger partial charge in [0.1, 0.15) is 0 Å². The molecule has 0 aromatic carbocycles. The number of alkyl halides is 2. The summed E-state index contributed by atoms with van der Waals surface area (Å²) in [6, 6.07) is 0. The topological polar surface area (TPSA) is 63.4 Å². The van der Waals surface area contributed by atoms with Gasteiger partial charge in [-0.1, -0.05) is 0 Å². The Hall–Kier alpha value is -0.0600. The van der Waals surface area contributed by atoms with Gasteiger partial charge in [-0.3, -0.25) is 10.1 Å². The summed E-state index contributed by atoms with van der Waals surface area (Å²) in [5.41, 5.74) is 0. The Balaban J connectivity index is 4.19. The van der Waals surface area contributed by atoms with Gasteiger partial charge in [-0.05, 0) is 30.1 Å². The number of halogens is 2. The number of aliphatic hydroxyl groups is 1. The van der Waals surface area contributed by atoms with E-state index in [0.717, 1.165) is 6.92 Å². The van der Waals surface area contributed by atoms with Gasteiger partial charge in [-0.25, -0.2) is 0 Å². The Labute approximate surface area is 61.5 Å². The molecule has 0 fully saturated rings. The van der Waals surface area contributed by atoms with Gasteiger partial charge in [0.05, 0.1) is 4.92 Å². The van der Waals surface area contributed by atoms with Crippen molar-refractivity contribution in [3.8, 4) is 0 Å². The lowest BCUT2D eigenvalue weighted by Crippen LogP contribution is -2.36. The summed E-state index contributed by atoms with van der Waals surface area (Å²) in [5.74, 6) is 0. The zero-order chi connectivity index (χ0) is 7.65. The lowest BCUT2D eigenvalue weighted by molar-refractivity contribution is -0.526. The minimum Gasteiger partial charge on any atom is -0.383 e. The molecule has 0 aromatic rings. The Morgan fingerprint density at radius 2 is 2.11 bits per heavy atom. The lowest BCUT2D eigenvalue weighted by Gasteiger charge is -2.11. The van der Waals surface area contributed by atoms with Crippen molar-refractivity contribution in [2.75, 3.05) is 0 Å². The molecule has 0 radical (unpaired) electrons. The van der Waals surface area contributed by atoms with Crippen LogP contribution in [0.3, 0.4) is 0 Å². The van der Waals surface area contributed by atoms with E-state index in [1.807, 2.05) is 0 Å². The second kappa shape index (κ2) is 2.68. The van der Waals surface area contributed by atoms with Crippen LogP contribution >= 0.6 is 23.2 Å². The molecule has 4 nitrogen and oxygen atoms in total. The first-order valence-electron chi connectivity index (χ1n) is 2.09. The van der Waals surface area contributed by atoms with E-state index in [1.165, 1.54) is 0 Å². The molecule has 0 aromatic heterocycles. The lowest BCUT2D eigenvalue weighted by atomic mass is 10.4. The second-order valence-corrected chi connectivity index (χ2v) is 2.87. The van der Waals surface area contributed by atoms with Crippen LogP contribution in [0.25, 0.3) is 0 Å². The average Bonchev–Trinajstić information content (AvgIpc) is 1.65. The minimum absolute atomic E-state index is 0.958. The number of hydrogen-bond donors (Lipinski definition) is 1. The van der Waals surface area contributed by atoms with E-state index < -0.39 is 15.5 Å². The Morgan fingerprint density at radius 1 is 1.78 bits per heavy atom. The monoisotopic (exact) mass is 173 g/mol. The highest BCUT2D eigenvalue weighted by molar-refractivity contribution is 6.47. The fourth-order valence-electron chi connectivity index (χ4n) is 0.153. The van der Waals surface area contributed by atoms with E-state index in [1.54, 1.807) is 0 Å². The van der Waals surface area contributed by atoms with Crippen molar-refractivity contribution in [3.63, 3.8) is 0 Å². The van der Waals surface area contributed by atoms with Crippen LogP contribution in [0.5, 0.6) is 0 Å². The Kier molecular flexibility index (Phi) is 2.66. The molecule has 0 amide bonds. The second-order valence-electron chi connectivity index (χ2n) is 1.52. The third-order valence-electron chi connectivity index (χ3n) is 0.746. The largest absolute Gasteiger partial charge is 0.395 e. The first-order chi connectivity index (χ1) is 3.89. The average molecular weight is 174 g/mol. The summed E-state index contributed by atoms with van der Waals surface area (Å²) >= 11 is 10.0. The number of nitro groups is 1. The van der Waals surface area contributed by atoms with Gasteiger partial charge < -0.3 is 5.11 Å². The van der Waals surface area contributed by atoms with Crippen LogP contribution in [0.4, 0.5) is 0 Å². The molecule has 0 saturated carbocycles. The molecule has 1 atom stereocenters. The van der Waals surface area contributed by atoms with Crippen molar-refractivity contribution in [2.24, 2.45) is 0 Å². The van der Waals surface area contributed by atoms with Gasteiger partial charge in [-0.2, -0.15) is 0 Å². The summed E-state index contributed by atoms with van der Waals surface area (Å²) in [5, 5.41) is 18.4. The molecule has 1 unspecified atom stereocenters. The van der Waals surface area contributed by atoms with Gasteiger partial charge in [0.2, 0.25) is 0 Å². The number of aliphatic hydroxyl groups excluding tert-OH is 1. The van der Waals surface area contributed by atoms with Crippen LogP contribution in [-0.2, 0) is 0 Å². The predicted octanol–water partition coefficient (Wildman–Crippen LogP) is 0.775. The van der Waals surface area contributed by atoms with Crippen LogP contribution in [0.1, 0.15) is 6.92 Å². The van der Waals surface area contributed by atoms with Crippen molar-refractivity contribution >= 4 is 23.2 Å². The predicted molar refractivity (Wildman–Crippen MR) is 33.1 cm³/mol. The minimum atomic E-state index is -2.28. The van der Waals surface area contributed by atoms with E-state index in [-0.39, 0.29) is 0 Å². The van der Waals surface area contributed by atoms with Gasteiger partial charge >= 0.3 is 4.46 Å². The molecule has 0 bridgehead atoms. The van der Waals surface area contributed by atoms with Crippen molar-refractivity contribution in [3.05, 3.63) is 10.1 Å². The van der Waals surface area contributed by atoms with E-state index in [4.69, 9.17) is 28.3 Å². The maximum atomic E-state index is 9.84. The highest BCUT2D eigenvalue weighted by atomic mass is 35.5. The van der Waals surface area contributed by atoms with Crippen molar-refractivity contribution < 1.29 is 10.0 Å². The fourth-order valence-corrected chi connectivity index (χ4v) is 0.153. The zero-order valence-corrected chi connectivity index (χ0v) is 6.06. The molecule has 0 aliphatic rings. The van der Waals surface area contributed by atoms with Gasteiger partial charge in [0, 0.05) is 0 Å². The van der Waals surface area contributed by atoms with Crippen molar-refractivity contribution in [1.29, 1.82) is 0 Å². The first-order valence-corrected chi connectivity index (χ1v) is 2.85. The summed E-state index contributed by atoms with van der Waals surface area (Å²) in [7, 11) is 0. The van der Waals surface area contributed by atoms with Crippen LogP contribution < -0.4 is 0 Å². The molecule has 6 heteroatoms. The smallest absolute Gasteiger partial charge is 0.383 e. The highest BCUT2D eigenvalue weighted by Gasteiger charge is 2.43. The molecule has 0 aliphatic heterocycles. The van der Waals surface area contributed by atoms with E-state index in [0.29, 0.717) is 0 Å². The zero-order valence-electron chi connectivity index (χ0n) is 4.54. The number of hydrogen-bond acceptors (Lipinski definition) is 3. The number of rotatable bonds is 2. The van der Waals surface area contributed by atoms with Gasteiger partial charge in [0.15, 0.2) is 6.10 Å². The maximum absolute atomic E-state index is 9.84. The first kappa shape index (κ1) is 8.94. The van der Waals surface area contributed by atoms with Crippen molar-refractivity contribution in [2.45, 2.75) is 17.5 Å². The third-order valence-corrected chi connectivity index (χ3v) is 1.65. The molecule has 0 spiro atoms.